The van der Waals surface area contributed by atoms with Crippen LogP contribution in [-0.2, 0) is 30.9 Å². The summed E-state index contributed by atoms with van der Waals surface area (Å²) in [5.41, 5.74) is 2.07. The van der Waals surface area contributed by atoms with E-state index in [2.05, 4.69) is 49.3 Å². The molecule has 3 aromatic rings. The van der Waals surface area contributed by atoms with Gasteiger partial charge in [-0.15, -0.1) is 0 Å². The lowest BCUT2D eigenvalue weighted by molar-refractivity contribution is 0.0598. The zero-order valence-electron chi connectivity index (χ0n) is 25.8. The smallest absolute Gasteiger partial charge is 0.338 e. The molecule has 9 nitrogen and oxygen atoms in total. The number of H-pyrrole nitrogens is 1. The van der Waals surface area contributed by atoms with Gasteiger partial charge in [0.1, 0.15) is 11.6 Å². The van der Waals surface area contributed by atoms with Crippen molar-refractivity contribution < 1.29 is 9.53 Å². The van der Waals surface area contributed by atoms with E-state index in [1.54, 1.807) is 6.20 Å². The first-order valence-electron chi connectivity index (χ1n) is 15.9. The van der Waals surface area contributed by atoms with E-state index in [0.29, 0.717) is 30.6 Å². The molecule has 9 heteroatoms. The SMILES string of the molecule is CCC(CC)N1CCC2(CCN(CCCn3ccnc3CN(Cc3ncc[nH]3)Cc3ccccc3C(=O)OC)C2)CC1. The van der Waals surface area contributed by atoms with Gasteiger partial charge in [0.05, 0.1) is 25.8 Å². The minimum Gasteiger partial charge on any atom is -0.465 e. The molecule has 1 N–H and O–H groups in total. The van der Waals surface area contributed by atoms with E-state index < -0.39 is 0 Å². The molecule has 0 atom stereocenters. The number of ether oxygens (including phenoxy) is 1. The van der Waals surface area contributed by atoms with Crippen LogP contribution in [0.3, 0.4) is 0 Å². The summed E-state index contributed by atoms with van der Waals surface area (Å²) in [5, 5.41) is 0. The summed E-state index contributed by atoms with van der Waals surface area (Å²) in [6, 6.07) is 8.42. The Hall–Kier alpha value is -3.01. The molecule has 0 saturated carbocycles. The lowest BCUT2D eigenvalue weighted by atomic mass is 9.77. The van der Waals surface area contributed by atoms with Crippen molar-refractivity contribution in [2.75, 3.05) is 39.8 Å². The summed E-state index contributed by atoms with van der Waals surface area (Å²) in [6.45, 7) is 13.7. The van der Waals surface area contributed by atoms with Crippen LogP contribution in [0.15, 0.2) is 49.1 Å². The first-order chi connectivity index (χ1) is 20.5. The molecule has 1 aromatic carbocycles. The minimum absolute atomic E-state index is 0.314. The van der Waals surface area contributed by atoms with Crippen LogP contribution >= 0.6 is 0 Å². The summed E-state index contributed by atoms with van der Waals surface area (Å²) in [5.74, 6) is 1.60. The van der Waals surface area contributed by atoms with Crippen molar-refractivity contribution in [1.29, 1.82) is 0 Å². The molecule has 0 amide bonds. The number of aromatic nitrogens is 4. The maximum absolute atomic E-state index is 12.4. The number of carbonyl (C=O) groups is 1. The average molecular weight is 576 g/mol. The Morgan fingerprint density at radius 1 is 1.02 bits per heavy atom. The highest BCUT2D eigenvalue weighted by Crippen LogP contribution is 2.41. The van der Waals surface area contributed by atoms with Gasteiger partial charge < -0.3 is 24.1 Å². The van der Waals surface area contributed by atoms with Gasteiger partial charge in [-0.1, -0.05) is 32.0 Å². The zero-order chi connectivity index (χ0) is 29.4. The number of nitrogens with zero attached hydrogens (tertiary/aromatic N) is 6. The normalized spacial score (nSPS) is 17.5. The van der Waals surface area contributed by atoms with E-state index in [0.717, 1.165) is 42.8 Å². The van der Waals surface area contributed by atoms with Gasteiger partial charge in [-0.05, 0) is 81.7 Å². The molecule has 5 rings (SSSR count). The molecule has 4 heterocycles. The molecule has 2 fully saturated rings. The monoisotopic (exact) mass is 575 g/mol. The van der Waals surface area contributed by atoms with E-state index >= 15 is 0 Å². The summed E-state index contributed by atoms with van der Waals surface area (Å²) in [7, 11) is 1.43. The van der Waals surface area contributed by atoms with Crippen molar-refractivity contribution in [3.8, 4) is 0 Å². The van der Waals surface area contributed by atoms with Crippen LogP contribution in [0.5, 0.6) is 0 Å². The number of nitrogens with one attached hydrogen (secondary N) is 1. The van der Waals surface area contributed by atoms with Gasteiger partial charge in [-0.3, -0.25) is 4.90 Å². The number of aryl methyl sites for hydroxylation is 1. The fourth-order valence-corrected chi connectivity index (χ4v) is 7.13. The van der Waals surface area contributed by atoms with Crippen LogP contribution in [0, 0.1) is 5.41 Å². The van der Waals surface area contributed by atoms with Gasteiger partial charge in [-0.2, -0.15) is 0 Å². The summed E-state index contributed by atoms with van der Waals surface area (Å²) >= 11 is 0. The van der Waals surface area contributed by atoms with Crippen molar-refractivity contribution in [1.82, 2.24) is 34.2 Å². The highest BCUT2D eigenvalue weighted by Gasteiger charge is 2.40. The molecular weight excluding hydrogens is 526 g/mol. The average Bonchev–Trinajstić information content (AvgIpc) is 3.78. The fraction of sp³-hybridized carbons (Fsp3) is 0.606. The molecule has 1 spiro atoms. The molecular formula is C33H49N7O2. The van der Waals surface area contributed by atoms with Gasteiger partial charge in [0.2, 0.25) is 0 Å². The predicted octanol–water partition coefficient (Wildman–Crippen LogP) is 4.96. The lowest BCUT2D eigenvalue weighted by Gasteiger charge is -2.42. The third kappa shape index (κ3) is 7.49. The minimum atomic E-state index is -0.314. The van der Waals surface area contributed by atoms with E-state index in [9.17, 15) is 4.79 Å². The van der Waals surface area contributed by atoms with Crippen LogP contribution in [0.4, 0.5) is 0 Å². The van der Waals surface area contributed by atoms with Crippen molar-refractivity contribution >= 4 is 5.97 Å². The number of hydrogen-bond donors (Lipinski definition) is 1. The van der Waals surface area contributed by atoms with E-state index in [1.165, 1.54) is 65.4 Å². The number of esters is 1. The van der Waals surface area contributed by atoms with Crippen LogP contribution in [-0.4, -0.2) is 86.1 Å². The summed E-state index contributed by atoms with van der Waals surface area (Å²) < 4.78 is 7.33. The molecule has 228 valence electrons. The van der Waals surface area contributed by atoms with Crippen LogP contribution in [0.1, 0.15) is 79.9 Å². The van der Waals surface area contributed by atoms with E-state index in [4.69, 9.17) is 9.72 Å². The van der Waals surface area contributed by atoms with Crippen LogP contribution in [0.2, 0.25) is 0 Å². The number of likely N-dealkylation sites (tertiary alicyclic amines) is 2. The largest absolute Gasteiger partial charge is 0.465 e. The van der Waals surface area contributed by atoms with Crippen molar-refractivity contribution in [2.24, 2.45) is 5.41 Å². The first-order valence-corrected chi connectivity index (χ1v) is 15.9. The second-order valence-electron chi connectivity index (χ2n) is 12.3. The van der Waals surface area contributed by atoms with E-state index in [-0.39, 0.29) is 5.97 Å². The Morgan fingerprint density at radius 2 is 1.81 bits per heavy atom. The molecule has 0 unspecified atom stereocenters. The highest BCUT2D eigenvalue weighted by atomic mass is 16.5. The third-order valence-corrected chi connectivity index (χ3v) is 9.62. The third-order valence-electron chi connectivity index (χ3n) is 9.62. The Balaban J connectivity index is 1.16. The van der Waals surface area contributed by atoms with Crippen molar-refractivity contribution in [3.63, 3.8) is 0 Å². The molecule has 2 saturated heterocycles. The lowest BCUT2D eigenvalue weighted by Crippen LogP contribution is -2.45. The Morgan fingerprint density at radius 3 is 2.55 bits per heavy atom. The number of rotatable bonds is 14. The standard InChI is InChI=1S/C33H49N7O2/c1-4-28(5-2)39-20-12-33(13-21-39)11-19-37(26-33)17-8-18-40-22-16-36-31(40)25-38(24-30-34-14-15-35-30)23-27-9-6-7-10-29(27)32(41)42-3/h6-7,9-10,14-16,22,28H,4-5,8,11-13,17-21,23-26H2,1-3H3,(H,34,35). The Bertz CT molecular complexity index is 1240. The van der Waals surface area contributed by atoms with Crippen molar-refractivity contribution in [3.05, 3.63) is 71.8 Å². The summed E-state index contributed by atoms with van der Waals surface area (Å²) in [4.78, 5) is 32.5. The fourth-order valence-electron chi connectivity index (χ4n) is 7.13. The van der Waals surface area contributed by atoms with Gasteiger partial charge >= 0.3 is 5.97 Å². The predicted molar refractivity (Wildman–Crippen MR) is 165 cm³/mol. The Labute approximate surface area is 251 Å². The zero-order valence-corrected chi connectivity index (χ0v) is 25.8. The number of imidazole rings is 2. The quantitative estimate of drug-likeness (QED) is 0.272. The van der Waals surface area contributed by atoms with Crippen LogP contribution < -0.4 is 0 Å². The molecule has 2 aliphatic rings. The molecule has 0 aliphatic carbocycles. The molecule has 2 aromatic heterocycles. The Kier molecular flexibility index (Phi) is 10.5. The number of methoxy groups -OCH3 is 1. The molecule has 0 radical (unpaired) electrons. The number of benzene rings is 1. The highest BCUT2D eigenvalue weighted by molar-refractivity contribution is 5.90. The van der Waals surface area contributed by atoms with Gasteiger partial charge in [0, 0.05) is 50.5 Å². The number of hydrogen-bond acceptors (Lipinski definition) is 7. The maximum atomic E-state index is 12.4. The van der Waals surface area contributed by atoms with E-state index in [1.807, 2.05) is 36.7 Å². The summed E-state index contributed by atoms with van der Waals surface area (Å²) in [6.07, 6.45) is 15.3. The van der Waals surface area contributed by atoms with Crippen molar-refractivity contribution in [2.45, 2.75) is 84.6 Å². The second-order valence-corrected chi connectivity index (χ2v) is 12.3. The van der Waals surface area contributed by atoms with Gasteiger partial charge in [0.25, 0.3) is 0 Å². The number of piperidine rings is 1. The topological polar surface area (TPSA) is 82.5 Å². The van der Waals surface area contributed by atoms with Gasteiger partial charge in [0.15, 0.2) is 0 Å². The molecule has 2 aliphatic heterocycles. The molecule has 42 heavy (non-hydrogen) atoms. The first kappa shape index (κ1) is 30.4. The maximum Gasteiger partial charge on any atom is 0.338 e. The van der Waals surface area contributed by atoms with Gasteiger partial charge in [-0.25, -0.2) is 14.8 Å². The molecule has 0 bridgehead atoms. The number of carbonyl (C=O) groups excluding carboxylic acids is 1. The number of aromatic amines is 1. The van der Waals surface area contributed by atoms with Crippen LogP contribution in [0.25, 0.3) is 0 Å². The second kappa shape index (κ2) is 14.4.